The van der Waals surface area contributed by atoms with Crippen LogP contribution in [0, 0.1) is 17.7 Å². The van der Waals surface area contributed by atoms with Gasteiger partial charge in [-0.15, -0.1) is 0 Å². The van der Waals surface area contributed by atoms with E-state index in [4.69, 9.17) is 15.6 Å². The van der Waals surface area contributed by atoms with Crippen molar-refractivity contribution in [2.45, 2.75) is 66.0 Å². The lowest BCUT2D eigenvalue weighted by atomic mass is 10.1. The Kier molecular flexibility index (Phi) is 16.6. The normalized spacial score (nSPS) is 13.2. The number of hydrogen-bond donors (Lipinski definition) is 5. The van der Waals surface area contributed by atoms with E-state index in [0.29, 0.717) is 25.2 Å². The van der Waals surface area contributed by atoms with Crippen LogP contribution in [0.4, 0.5) is 0 Å². The summed E-state index contributed by atoms with van der Waals surface area (Å²) in [6, 6.07) is 26.6. The fourth-order valence-electron chi connectivity index (χ4n) is 4.62. The zero-order valence-corrected chi connectivity index (χ0v) is 27.0. The topological polar surface area (TPSA) is 117 Å². The van der Waals surface area contributed by atoms with Crippen molar-refractivity contribution in [2.75, 3.05) is 20.2 Å². The molecule has 8 nitrogen and oxygen atoms in total. The van der Waals surface area contributed by atoms with Crippen LogP contribution in [-0.4, -0.2) is 54.2 Å². The van der Waals surface area contributed by atoms with Gasteiger partial charge in [0.2, 0.25) is 6.41 Å². The van der Waals surface area contributed by atoms with E-state index < -0.39 is 0 Å². The van der Waals surface area contributed by atoms with E-state index in [1.165, 1.54) is 35.9 Å². The van der Waals surface area contributed by atoms with Crippen molar-refractivity contribution in [1.82, 2.24) is 20.5 Å². The number of amides is 1. The molecule has 4 aromatic rings. The summed E-state index contributed by atoms with van der Waals surface area (Å²) >= 11 is 0. The molecular formula is C36H50N6O2. The molecule has 1 aliphatic heterocycles. The van der Waals surface area contributed by atoms with Gasteiger partial charge in [0.1, 0.15) is 17.4 Å². The van der Waals surface area contributed by atoms with Gasteiger partial charge in [0.25, 0.3) is 0 Å². The van der Waals surface area contributed by atoms with Gasteiger partial charge in [-0.05, 0) is 74.5 Å². The number of nitrogens with zero attached hydrogens (tertiary/aromatic N) is 1. The Bertz CT molecular complexity index is 1380. The molecule has 8 heteroatoms. The molecule has 0 radical (unpaired) electrons. The number of para-hydroxylation sites is 1. The summed E-state index contributed by atoms with van der Waals surface area (Å²) in [5, 5.41) is 23.8. The molecule has 44 heavy (non-hydrogen) atoms. The fraction of sp³-hybridized carbons (Fsp3) is 0.361. The largest absolute Gasteiger partial charge is 0.497 e. The molecule has 5 rings (SSSR count). The summed E-state index contributed by atoms with van der Waals surface area (Å²) in [5.74, 6) is 1.30. The standard InChI is InChI=1S/C20H24N4O2.C9H9N.C5H11N.C2H6/c1-26-18-10-7-17(8-11-18)14-24(20(22)13-23-15-25)19(21)12-9-16-5-3-2-4-6-16;1-7-6-10-9-5-3-2-4-8(7)9;1-5-3-2-4-6-5;1-2/h2-8,10-11,15,21-22H,9,12-14H2,1H3,(H,23,25);2-6,10H,1H3;5-6H,2-4H2,1H3;1-2H3. The average molecular weight is 599 g/mol. The van der Waals surface area contributed by atoms with Gasteiger partial charge in [0, 0.05) is 29.6 Å². The zero-order valence-electron chi connectivity index (χ0n) is 27.0. The number of H-pyrrole nitrogens is 1. The van der Waals surface area contributed by atoms with Crippen molar-refractivity contribution < 1.29 is 9.53 Å². The molecule has 0 aliphatic carbocycles. The van der Waals surface area contributed by atoms with E-state index >= 15 is 0 Å². The maximum atomic E-state index is 10.5. The lowest BCUT2D eigenvalue weighted by Crippen LogP contribution is -2.40. The predicted molar refractivity (Wildman–Crippen MR) is 184 cm³/mol. The van der Waals surface area contributed by atoms with Crippen LogP contribution in [0.25, 0.3) is 10.9 Å². The van der Waals surface area contributed by atoms with Crippen molar-refractivity contribution in [3.63, 3.8) is 0 Å². The number of hydrogen-bond acceptors (Lipinski definition) is 5. The first-order valence-electron chi connectivity index (χ1n) is 15.4. The minimum atomic E-state index is 0.0906. The second kappa shape index (κ2) is 20.5. The Morgan fingerprint density at radius 3 is 2.23 bits per heavy atom. The van der Waals surface area contributed by atoms with Gasteiger partial charge in [-0.25, -0.2) is 0 Å². The van der Waals surface area contributed by atoms with E-state index in [9.17, 15) is 4.79 Å². The first-order valence-corrected chi connectivity index (χ1v) is 15.4. The molecule has 1 unspecified atom stereocenters. The Hall–Kier alpha value is -4.43. The number of amidine groups is 2. The number of methoxy groups -OCH3 is 1. The number of benzene rings is 3. The summed E-state index contributed by atoms with van der Waals surface area (Å²) < 4.78 is 5.16. The number of fused-ring (bicyclic) bond motifs is 1. The van der Waals surface area contributed by atoms with Crippen molar-refractivity contribution in [1.29, 1.82) is 10.8 Å². The van der Waals surface area contributed by atoms with Gasteiger partial charge < -0.3 is 25.3 Å². The SMILES string of the molecule is CC.CC1CCCN1.COc1ccc(CN(C(=N)CCc2ccccc2)C(=N)CNC=O)cc1.Cc1c[nH]c2ccccc12. The molecule has 5 N–H and O–H groups in total. The lowest BCUT2D eigenvalue weighted by molar-refractivity contribution is -0.109. The molecule has 1 amide bonds. The molecule has 1 saturated heterocycles. The number of aromatic nitrogens is 1. The lowest BCUT2D eigenvalue weighted by Gasteiger charge is -2.26. The third kappa shape index (κ3) is 12.4. The van der Waals surface area contributed by atoms with Crippen molar-refractivity contribution in [2.24, 2.45) is 0 Å². The first kappa shape index (κ1) is 35.8. The highest BCUT2D eigenvalue weighted by molar-refractivity contribution is 5.99. The number of ether oxygens (including phenoxy) is 1. The Morgan fingerprint density at radius 2 is 1.66 bits per heavy atom. The van der Waals surface area contributed by atoms with Gasteiger partial charge in [-0.2, -0.15) is 0 Å². The third-order valence-electron chi connectivity index (χ3n) is 7.10. The van der Waals surface area contributed by atoms with Crippen LogP contribution in [0.2, 0.25) is 0 Å². The molecule has 1 aliphatic rings. The fourth-order valence-corrected chi connectivity index (χ4v) is 4.62. The minimum Gasteiger partial charge on any atom is -0.497 e. The van der Waals surface area contributed by atoms with E-state index in [1.807, 2.05) is 80.7 Å². The quantitative estimate of drug-likeness (QED) is 0.0803. The second-order valence-electron chi connectivity index (χ2n) is 10.3. The molecule has 236 valence electrons. The Morgan fingerprint density at radius 1 is 0.977 bits per heavy atom. The molecule has 1 aromatic heterocycles. The van der Waals surface area contributed by atoms with Crippen molar-refractivity contribution in [3.8, 4) is 5.75 Å². The van der Waals surface area contributed by atoms with Crippen LogP contribution in [0.1, 0.15) is 56.7 Å². The molecule has 3 aromatic carbocycles. The highest BCUT2D eigenvalue weighted by Gasteiger charge is 2.16. The van der Waals surface area contributed by atoms with E-state index in [1.54, 1.807) is 12.0 Å². The van der Waals surface area contributed by atoms with Crippen LogP contribution in [0.3, 0.4) is 0 Å². The van der Waals surface area contributed by atoms with Gasteiger partial charge in [-0.1, -0.05) is 74.5 Å². The molecular weight excluding hydrogens is 548 g/mol. The molecule has 0 saturated carbocycles. The third-order valence-corrected chi connectivity index (χ3v) is 7.10. The van der Waals surface area contributed by atoms with E-state index in [2.05, 4.69) is 47.7 Å². The number of rotatable bonds is 9. The zero-order chi connectivity index (χ0) is 32.2. The van der Waals surface area contributed by atoms with Crippen LogP contribution >= 0.6 is 0 Å². The second-order valence-corrected chi connectivity index (χ2v) is 10.3. The summed E-state index contributed by atoms with van der Waals surface area (Å²) in [6.07, 6.45) is 6.59. The minimum absolute atomic E-state index is 0.0906. The molecule has 0 bridgehead atoms. The van der Waals surface area contributed by atoms with E-state index in [0.717, 1.165) is 29.3 Å². The highest BCUT2D eigenvalue weighted by atomic mass is 16.5. The highest BCUT2D eigenvalue weighted by Crippen LogP contribution is 2.16. The summed E-state index contributed by atoms with van der Waals surface area (Å²) in [6.45, 7) is 10.1. The summed E-state index contributed by atoms with van der Waals surface area (Å²) in [4.78, 5) is 15.4. The monoisotopic (exact) mass is 598 g/mol. The number of carbonyl (C=O) groups excluding carboxylic acids is 1. The summed E-state index contributed by atoms with van der Waals surface area (Å²) in [7, 11) is 1.61. The van der Waals surface area contributed by atoms with Crippen LogP contribution in [0.5, 0.6) is 5.75 Å². The van der Waals surface area contributed by atoms with Crippen LogP contribution < -0.4 is 15.4 Å². The number of aromatic amines is 1. The molecule has 1 fully saturated rings. The maximum absolute atomic E-state index is 10.5. The molecule has 1 atom stereocenters. The summed E-state index contributed by atoms with van der Waals surface area (Å²) in [5.41, 5.74) is 4.65. The van der Waals surface area contributed by atoms with Gasteiger partial charge in [-0.3, -0.25) is 15.6 Å². The molecule has 2 heterocycles. The predicted octanol–water partition coefficient (Wildman–Crippen LogP) is 7.09. The number of nitrogens with one attached hydrogen (secondary N) is 5. The smallest absolute Gasteiger partial charge is 0.207 e. The van der Waals surface area contributed by atoms with Gasteiger partial charge in [0.05, 0.1) is 20.2 Å². The van der Waals surface area contributed by atoms with Crippen LogP contribution in [-0.2, 0) is 17.8 Å². The van der Waals surface area contributed by atoms with Crippen LogP contribution in [0.15, 0.2) is 85.1 Å². The Labute approximate surface area is 263 Å². The maximum Gasteiger partial charge on any atom is 0.207 e. The van der Waals surface area contributed by atoms with Crippen molar-refractivity contribution >= 4 is 29.0 Å². The number of carbonyl (C=O) groups is 1. The Balaban J connectivity index is 0.000000301. The first-order chi connectivity index (χ1) is 21.4. The molecule has 0 spiro atoms. The average Bonchev–Trinajstić information content (AvgIpc) is 3.72. The number of aryl methyl sites for hydroxylation is 2. The van der Waals surface area contributed by atoms with E-state index in [-0.39, 0.29) is 12.4 Å². The van der Waals surface area contributed by atoms with Gasteiger partial charge in [0.15, 0.2) is 0 Å². The van der Waals surface area contributed by atoms with Crippen molar-refractivity contribution in [3.05, 3.63) is 102 Å². The van der Waals surface area contributed by atoms with Gasteiger partial charge >= 0.3 is 0 Å².